The van der Waals surface area contributed by atoms with E-state index in [1.807, 2.05) is 19.1 Å². The number of furan rings is 1. The van der Waals surface area contributed by atoms with Crippen molar-refractivity contribution in [1.82, 2.24) is 10.0 Å². The van der Waals surface area contributed by atoms with E-state index in [-0.39, 0.29) is 5.75 Å². The van der Waals surface area contributed by atoms with Crippen molar-refractivity contribution in [2.24, 2.45) is 0 Å². The Balaban J connectivity index is 2.13. The van der Waals surface area contributed by atoms with Crippen LogP contribution in [0.1, 0.15) is 18.4 Å². The standard InChI is InChI=1S/C10H18N2O3S/c1-3-16(13,14)12-7-6-11-8-10-5-4-9(2)15-10/h4-5,11-12H,3,6-8H2,1-2H3. The highest BCUT2D eigenvalue weighted by Crippen LogP contribution is 2.04. The lowest BCUT2D eigenvalue weighted by molar-refractivity contribution is 0.462. The Morgan fingerprint density at radius 1 is 1.31 bits per heavy atom. The lowest BCUT2D eigenvalue weighted by atomic mass is 10.4. The molecule has 0 atom stereocenters. The van der Waals surface area contributed by atoms with Crippen LogP contribution < -0.4 is 10.0 Å². The van der Waals surface area contributed by atoms with Gasteiger partial charge >= 0.3 is 0 Å². The maximum Gasteiger partial charge on any atom is 0.211 e. The first-order valence-corrected chi connectivity index (χ1v) is 6.92. The van der Waals surface area contributed by atoms with Crippen LogP contribution >= 0.6 is 0 Å². The Morgan fingerprint density at radius 3 is 2.62 bits per heavy atom. The minimum Gasteiger partial charge on any atom is -0.465 e. The molecule has 0 spiro atoms. The number of rotatable bonds is 7. The molecule has 16 heavy (non-hydrogen) atoms. The van der Waals surface area contributed by atoms with Gasteiger partial charge in [-0.15, -0.1) is 0 Å². The average molecular weight is 246 g/mol. The Morgan fingerprint density at radius 2 is 2.06 bits per heavy atom. The third-order valence-electron chi connectivity index (χ3n) is 2.10. The zero-order chi connectivity index (χ0) is 12.0. The number of aryl methyl sites for hydroxylation is 1. The topological polar surface area (TPSA) is 71.3 Å². The van der Waals surface area contributed by atoms with Gasteiger partial charge in [-0.3, -0.25) is 0 Å². The second-order valence-electron chi connectivity index (χ2n) is 3.49. The fourth-order valence-corrected chi connectivity index (χ4v) is 1.81. The Labute approximate surface area is 96.3 Å². The van der Waals surface area contributed by atoms with Gasteiger partial charge in [0.1, 0.15) is 11.5 Å². The monoisotopic (exact) mass is 246 g/mol. The molecule has 5 nitrogen and oxygen atoms in total. The third kappa shape index (κ3) is 4.78. The fourth-order valence-electron chi connectivity index (χ4n) is 1.19. The molecule has 0 unspecified atom stereocenters. The average Bonchev–Trinajstić information content (AvgIpc) is 2.64. The second kappa shape index (κ2) is 6.03. The van der Waals surface area contributed by atoms with Crippen molar-refractivity contribution in [2.45, 2.75) is 20.4 Å². The lowest BCUT2D eigenvalue weighted by Crippen LogP contribution is -2.32. The van der Waals surface area contributed by atoms with Gasteiger partial charge in [-0.2, -0.15) is 0 Å². The molecule has 0 amide bonds. The second-order valence-corrected chi connectivity index (χ2v) is 5.58. The van der Waals surface area contributed by atoms with Crippen LogP contribution in [0.4, 0.5) is 0 Å². The van der Waals surface area contributed by atoms with Crippen molar-refractivity contribution in [2.75, 3.05) is 18.8 Å². The predicted octanol–water partition coefficient (Wildman–Crippen LogP) is 0.617. The fraction of sp³-hybridized carbons (Fsp3) is 0.600. The molecule has 0 saturated carbocycles. The van der Waals surface area contributed by atoms with Crippen LogP contribution in [0.15, 0.2) is 16.5 Å². The SMILES string of the molecule is CCS(=O)(=O)NCCNCc1ccc(C)o1. The first kappa shape index (κ1) is 13.2. The van der Waals surface area contributed by atoms with Gasteiger partial charge in [0.05, 0.1) is 12.3 Å². The summed E-state index contributed by atoms with van der Waals surface area (Å²) < 4.78 is 30.0. The highest BCUT2D eigenvalue weighted by molar-refractivity contribution is 7.89. The van der Waals surface area contributed by atoms with E-state index >= 15 is 0 Å². The van der Waals surface area contributed by atoms with E-state index in [9.17, 15) is 8.42 Å². The first-order valence-electron chi connectivity index (χ1n) is 5.27. The summed E-state index contributed by atoms with van der Waals surface area (Å²) in [4.78, 5) is 0. The molecule has 0 aliphatic heterocycles. The minimum absolute atomic E-state index is 0.115. The molecule has 1 aromatic heterocycles. The molecule has 0 aromatic carbocycles. The van der Waals surface area contributed by atoms with Crippen LogP contribution in [-0.2, 0) is 16.6 Å². The Kier molecular flexibility index (Phi) is 4.98. The lowest BCUT2D eigenvalue weighted by Gasteiger charge is -2.04. The Bertz CT molecular complexity index is 411. The van der Waals surface area contributed by atoms with E-state index in [4.69, 9.17) is 4.42 Å². The van der Waals surface area contributed by atoms with Crippen LogP contribution in [0.3, 0.4) is 0 Å². The predicted molar refractivity (Wildman–Crippen MR) is 62.6 cm³/mol. The summed E-state index contributed by atoms with van der Waals surface area (Å²) >= 11 is 0. The van der Waals surface area contributed by atoms with Gasteiger partial charge in [0.15, 0.2) is 0 Å². The van der Waals surface area contributed by atoms with E-state index in [0.717, 1.165) is 11.5 Å². The molecule has 1 aromatic rings. The summed E-state index contributed by atoms with van der Waals surface area (Å²) in [6.07, 6.45) is 0. The maximum absolute atomic E-state index is 11.1. The minimum atomic E-state index is -3.07. The summed E-state index contributed by atoms with van der Waals surface area (Å²) in [6.45, 7) is 5.09. The van der Waals surface area contributed by atoms with E-state index < -0.39 is 10.0 Å². The van der Waals surface area contributed by atoms with Crippen molar-refractivity contribution in [3.63, 3.8) is 0 Å². The van der Waals surface area contributed by atoms with E-state index in [0.29, 0.717) is 19.6 Å². The first-order chi connectivity index (χ1) is 7.53. The highest BCUT2D eigenvalue weighted by atomic mass is 32.2. The van der Waals surface area contributed by atoms with Crippen molar-refractivity contribution in [1.29, 1.82) is 0 Å². The zero-order valence-corrected chi connectivity index (χ0v) is 10.4. The van der Waals surface area contributed by atoms with Gasteiger partial charge in [0.2, 0.25) is 10.0 Å². The van der Waals surface area contributed by atoms with Gasteiger partial charge in [-0.05, 0) is 26.0 Å². The van der Waals surface area contributed by atoms with Crippen molar-refractivity contribution in [3.05, 3.63) is 23.7 Å². The van der Waals surface area contributed by atoms with Gasteiger partial charge in [0.25, 0.3) is 0 Å². The van der Waals surface area contributed by atoms with Crippen LogP contribution in [0.2, 0.25) is 0 Å². The molecule has 6 heteroatoms. The van der Waals surface area contributed by atoms with E-state index in [1.165, 1.54) is 0 Å². The molecule has 0 fully saturated rings. The normalized spacial score (nSPS) is 11.9. The van der Waals surface area contributed by atoms with Crippen LogP contribution in [-0.4, -0.2) is 27.3 Å². The molecule has 0 aliphatic rings. The van der Waals surface area contributed by atoms with Crippen LogP contribution in [0.25, 0.3) is 0 Å². The molecule has 0 saturated heterocycles. The smallest absolute Gasteiger partial charge is 0.211 e. The molecular formula is C10H18N2O3S. The molecule has 0 bridgehead atoms. The third-order valence-corrected chi connectivity index (χ3v) is 3.50. The molecule has 92 valence electrons. The summed E-state index contributed by atoms with van der Waals surface area (Å²) in [5.74, 6) is 1.85. The molecule has 1 heterocycles. The highest BCUT2D eigenvalue weighted by Gasteiger charge is 2.04. The van der Waals surface area contributed by atoms with Gasteiger partial charge < -0.3 is 9.73 Å². The van der Waals surface area contributed by atoms with Crippen molar-refractivity contribution < 1.29 is 12.8 Å². The van der Waals surface area contributed by atoms with E-state index in [1.54, 1.807) is 6.92 Å². The largest absolute Gasteiger partial charge is 0.465 e. The Hall–Kier alpha value is -0.850. The quantitative estimate of drug-likeness (QED) is 0.692. The summed E-state index contributed by atoms with van der Waals surface area (Å²) in [7, 11) is -3.07. The zero-order valence-electron chi connectivity index (χ0n) is 9.62. The number of hydrogen-bond donors (Lipinski definition) is 2. The molecule has 2 N–H and O–H groups in total. The number of hydrogen-bond acceptors (Lipinski definition) is 4. The van der Waals surface area contributed by atoms with Gasteiger partial charge in [0, 0.05) is 13.1 Å². The summed E-state index contributed by atoms with van der Waals surface area (Å²) in [5.41, 5.74) is 0. The van der Waals surface area contributed by atoms with Gasteiger partial charge in [-0.25, -0.2) is 13.1 Å². The van der Waals surface area contributed by atoms with Crippen molar-refractivity contribution >= 4 is 10.0 Å². The molecular weight excluding hydrogens is 228 g/mol. The van der Waals surface area contributed by atoms with Crippen molar-refractivity contribution in [3.8, 4) is 0 Å². The molecule has 1 rings (SSSR count). The number of nitrogens with one attached hydrogen (secondary N) is 2. The summed E-state index contributed by atoms with van der Waals surface area (Å²) in [6, 6.07) is 3.80. The van der Waals surface area contributed by atoms with E-state index in [2.05, 4.69) is 10.0 Å². The van der Waals surface area contributed by atoms with Crippen LogP contribution in [0.5, 0.6) is 0 Å². The van der Waals surface area contributed by atoms with Gasteiger partial charge in [-0.1, -0.05) is 0 Å². The summed E-state index contributed by atoms with van der Waals surface area (Å²) in [5, 5.41) is 3.09. The maximum atomic E-state index is 11.1. The molecule has 0 aliphatic carbocycles. The van der Waals surface area contributed by atoms with Crippen LogP contribution in [0, 0.1) is 6.92 Å². The number of sulfonamides is 1. The molecule has 0 radical (unpaired) electrons.